The summed E-state index contributed by atoms with van der Waals surface area (Å²) in [7, 11) is 0. The van der Waals surface area contributed by atoms with Gasteiger partial charge in [-0.2, -0.15) is 0 Å². The first-order valence-electron chi connectivity index (χ1n) is 8.04. The monoisotopic (exact) mass is 408 g/mol. The van der Waals surface area contributed by atoms with Crippen LogP contribution in [0.5, 0.6) is 0 Å². The van der Waals surface area contributed by atoms with Crippen molar-refractivity contribution < 1.29 is 13.6 Å². The van der Waals surface area contributed by atoms with Crippen LogP contribution in [0.1, 0.15) is 6.92 Å². The van der Waals surface area contributed by atoms with Crippen LogP contribution < -0.4 is 5.32 Å². The number of thioether (sulfide) groups is 1. The summed E-state index contributed by atoms with van der Waals surface area (Å²) >= 11 is 6.93. The first kappa shape index (κ1) is 19.3. The minimum Gasteiger partial charge on any atom is -0.325 e. The lowest BCUT2D eigenvalue weighted by Gasteiger charge is -2.08. The number of aromatic nitrogens is 3. The fourth-order valence-electron chi connectivity index (χ4n) is 2.39. The standard InChI is InChI=1S/C18H15ClF2N4OS/c1-2-25-17(11-3-5-12(20)6-4-11)23-24-18(25)27-10-16(26)22-13-7-8-15(21)14(19)9-13/h3-9H,2,10H2,1H3,(H,22,26). The Labute approximate surface area is 163 Å². The van der Waals surface area contributed by atoms with E-state index in [-0.39, 0.29) is 22.5 Å². The van der Waals surface area contributed by atoms with E-state index in [1.807, 2.05) is 11.5 Å². The molecule has 27 heavy (non-hydrogen) atoms. The van der Waals surface area contributed by atoms with Crippen LogP contribution in [0.15, 0.2) is 47.6 Å². The zero-order valence-corrected chi connectivity index (χ0v) is 15.8. The maximum Gasteiger partial charge on any atom is 0.234 e. The fraction of sp³-hybridized carbons (Fsp3) is 0.167. The van der Waals surface area contributed by atoms with Crippen LogP contribution in [0, 0.1) is 11.6 Å². The molecule has 0 atom stereocenters. The van der Waals surface area contributed by atoms with E-state index in [1.54, 1.807) is 12.1 Å². The van der Waals surface area contributed by atoms with Gasteiger partial charge in [0, 0.05) is 17.8 Å². The Bertz CT molecular complexity index is 962. The van der Waals surface area contributed by atoms with Crippen LogP contribution in [0.25, 0.3) is 11.4 Å². The third kappa shape index (κ3) is 4.64. The molecule has 0 aliphatic heterocycles. The van der Waals surface area contributed by atoms with Gasteiger partial charge in [0.25, 0.3) is 0 Å². The molecule has 3 rings (SSSR count). The van der Waals surface area contributed by atoms with Gasteiger partial charge in [0.05, 0.1) is 10.8 Å². The second-order valence-electron chi connectivity index (χ2n) is 5.52. The highest BCUT2D eigenvalue weighted by Gasteiger charge is 2.15. The second kappa shape index (κ2) is 8.49. The van der Waals surface area contributed by atoms with Crippen LogP contribution in [-0.4, -0.2) is 26.4 Å². The Morgan fingerprint density at radius 2 is 1.93 bits per heavy atom. The van der Waals surface area contributed by atoms with E-state index in [0.29, 0.717) is 23.2 Å². The summed E-state index contributed by atoms with van der Waals surface area (Å²) in [6.45, 7) is 2.53. The lowest BCUT2D eigenvalue weighted by atomic mass is 10.2. The summed E-state index contributed by atoms with van der Waals surface area (Å²) in [6.07, 6.45) is 0. The van der Waals surface area contributed by atoms with Crippen molar-refractivity contribution in [3.63, 3.8) is 0 Å². The Hall–Kier alpha value is -2.45. The Balaban J connectivity index is 1.68. The molecule has 0 unspecified atom stereocenters. The van der Waals surface area contributed by atoms with Gasteiger partial charge >= 0.3 is 0 Å². The van der Waals surface area contributed by atoms with Crippen molar-refractivity contribution in [1.29, 1.82) is 0 Å². The van der Waals surface area contributed by atoms with Gasteiger partial charge in [-0.15, -0.1) is 10.2 Å². The Morgan fingerprint density at radius 3 is 2.59 bits per heavy atom. The number of hydrogen-bond donors (Lipinski definition) is 1. The third-order valence-electron chi connectivity index (χ3n) is 3.67. The number of anilines is 1. The van der Waals surface area contributed by atoms with Gasteiger partial charge in [0.15, 0.2) is 11.0 Å². The maximum absolute atomic E-state index is 13.2. The Morgan fingerprint density at radius 1 is 1.19 bits per heavy atom. The molecule has 0 aliphatic rings. The maximum atomic E-state index is 13.2. The molecule has 0 spiro atoms. The molecule has 0 radical (unpaired) electrons. The lowest BCUT2D eigenvalue weighted by molar-refractivity contribution is -0.113. The smallest absolute Gasteiger partial charge is 0.234 e. The molecule has 5 nitrogen and oxygen atoms in total. The van der Waals surface area contributed by atoms with Crippen LogP contribution in [0.3, 0.4) is 0 Å². The van der Waals surface area contributed by atoms with Crippen molar-refractivity contribution in [2.24, 2.45) is 0 Å². The molecule has 1 amide bonds. The van der Waals surface area contributed by atoms with E-state index in [9.17, 15) is 13.6 Å². The molecule has 0 fully saturated rings. The highest BCUT2D eigenvalue weighted by atomic mass is 35.5. The summed E-state index contributed by atoms with van der Waals surface area (Å²) in [5, 5.41) is 11.4. The van der Waals surface area contributed by atoms with Gasteiger partial charge in [-0.05, 0) is 49.4 Å². The summed E-state index contributed by atoms with van der Waals surface area (Å²) in [5.41, 5.74) is 1.15. The minimum atomic E-state index is -0.548. The number of nitrogens with one attached hydrogen (secondary N) is 1. The third-order valence-corrected chi connectivity index (χ3v) is 4.93. The molecule has 3 aromatic rings. The van der Waals surface area contributed by atoms with Crippen LogP contribution in [-0.2, 0) is 11.3 Å². The quantitative estimate of drug-likeness (QED) is 0.604. The van der Waals surface area contributed by atoms with Crippen LogP contribution in [0.4, 0.5) is 14.5 Å². The number of carbonyl (C=O) groups excluding carboxylic acids is 1. The van der Waals surface area contributed by atoms with E-state index in [0.717, 1.165) is 5.56 Å². The molecule has 1 aromatic heterocycles. The number of amides is 1. The molecule has 0 saturated heterocycles. The van der Waals surface area contributed by atoms with Gasteiger partial charge in [-0.1, -0.05) is 23.4 Å². The van der Waals surface area contributed by atoms with Gasteiger partial charge in [0.2, 0.25) is 5.91 Å². The first-order chi connectivity index (χ1) is 13.0. The highest BCUT2D eigenvalue weighted by Crippen LogP contribution is 2.25. The van der Waals surface area contributed by atoms with Crippen LogP contribution >= 0.6 is 23.4 Å². The second-order valence-corrected chi connectivity index (χ2v) is 6.87. The highest BCUT2D eigenvalue weighted by molar-refractivity contribution is 7.99. The number of carbonyl (C=O) groups is 1. The van der Waals surface area contributed by atoms with Crippen molar-refractivity contribution in [1.82, 2.24) is 14.8 Å². The molecule has 1 N–H and O–H groups in total. The lowest BCUT2D eigenvalue weighted by Crippen LogP contribution is -2.14. The van der Waals surface area contributed by atoms with Crippen LogP contribution in [0.2, 0.25) is 5.02 Å². The summed E-state index contributed by atoms with van der Waals surface area (Å²) in [5.74, 6) is -0.458. The average molecular weight is 409 g/mol. The van der Waals surface area contributed by atoms with Gasteiger partial charge in [-0.25, -0.2) is 8.78 Å². The number of nitrogens with zero attached hydrogens (tertiary/aromatic N) is 3. The summed E-state index contributed by atoms with van der Waals surface area (Å²) < 4.78 is 28.1. The van der Waals surface area contributed by atoms with E-state index in [2.05, 4.69) is 15.5 Å². The van der Waals surface area contributed by atoms with Gasteiger partial charge in [0.1, 0.15) is 11.6 Å². The van der Waals surface area contributed by atoms with E-state index < -0.39 is 5.82 Å². The number of benzene rings is 2. The van der Waals surface area contributed by atoms with Crippen molar-refractivity contribution >= 4 is 35.0 Å². The van der Waals surface area contributed by atoms with E-state index >= 15 is 0 Å². The topological polar surface area (TPSA) is 59.8 Å². The molecule has 140 valence electrons. The normalized spacial score (nSPS) is 10.8. The predicted octanol–water partition coefficient (Wildman–Crippen LogP) is 4.63. The summed E-state index contributed by atoms with van der Waals surface area (Å²) in [6, 6.07) is 9.95. The average Bonchev–Trinajstić information content (AvgIpc) is 3.06. The van der Waals surface area contributed by atoms with E-state index in [1.165, 1.54) is 42.1 Å². The predicted molar refractivity (Wildman–Crippen MR) is 102 cm³/mol. The zero-order chi connectivity index (χ0) is 19.4. The van der Waals surface area contributed by atoms with Gasteiger partial charge < -0.3 is 9.88 Å². The minimum absolute atomic E-state index is 0.0601. The molecule has 0 aliphatic carbocycles. The zero-order valence-electron chi connectivity index (χ0n) is 14.2. The van der Waals surface area contributed by atoms with Crippen molar-refractivity contribution in [2.45, 2.75) is 18.6 Å². The SMILES string of the molecule is CCn1c(SCC(=O)Nc2ccc(F)c(Cl)c2)nnc1-c1ccc(F)cc1. The first-order valence-corrected chi connectivity index (χ1v) is 9.41. The number of rotatable bonds is 6. The number of halogens is 3. The Kier molecular flexibility index (Phi) is 6.08. The molecular formula is C18H15ClF2N4OS. The molecule has 1 heterocycles. The van der Waals surface area contributed by atoms with Crippen molar-refractivity contribution in [2.75, 3.05) is 11.1 Å². The largest absolute Gasteiger partial charge is 0.325 e. The molecule has 0 bridgehead atoms. The van der Waals surface area contributed by atoms with Crippen molar-refractivity contribution in [3.05, 3.63) is 59.1 Å². The van der Waals surface area contributed by atoms with Gasteiger partial charge in [-0.3, -0.25) is 4.79 Å². The molecule has 9 heteroatoms. The molecule has 2 aromatic carbocycles. The van der Waals surface area contributed by atoms with E-state index in [4.69, 9.17) is 11.6 Å². The summed E-state index contributed by atoms with van der Waals surface area (Å²) in [4.78, 5) is 12.1. The molecule has 0 saturated carbocycles. The number of hydrogen-bond acceptors (Lipinski definition) is 4. The molecular weight excluding hydrogens is 394 g/mol. The fourth-order valence-corrected chi connectivity index (χ4v) is 3.38. The van der Waals surface area contributed by atoms with Crippen molar-refractivity contribution in [3.8, 4) is 11.4 Å².